The maximum atomic E-state index is 13.5. The fraction of sp³-hybridized carbons (Fsp3) is 0.0833. The van der Waals surface area contributed by atoms with Crippen molar-refractivity contribution in [2.24, 2.45) is 0 Å². The van der Waals surface area contributed by atoms with E-state index in [4.69, 9.17) is 17.3 Å². The molecule has 0 fully saturated rings. The highest BCUT2D eigenvalue weighted by Crippen LogP contribution is 2.25. The van der Waals surface area contributed by atoms with Crippen LogP contribution in [-0.2, 0) is 5.88 Å². The number of nitrogens with zero attached hydrogens (tertiary/aromatic N) is 1. The van der Waals surface area contributed by atoms with Crippen molar-refractivity contribution < 1.29 is 4.39 Å². The molecule has 2 nitrogen and oxygen atoms in total. The average Bonchev–Trinajstić information content (AvgIpc) is 2.31. The first-order chi connectivity index (χ1) is 7.72. The van der Waals surface area contributed by atoms with Crippen molar-refractivity contribution in [2.75, 3.05) is 5.73 Å². The van der Waals surface area contributed by atoms with Crippen molar-refractivity contribution >= 4 is 17.4 Å². The minimum atomic E-state index is -0.283. The SMILES string of the molecule is Nc1ncc(-c2ccccc2F)cc1CCl. The predicted octanol–water partition coefficient (Wildman–Crippen LogP) is 3.21. The summed E-state index contributed by atoms with van der Waals surface area (Å²) in [7, 11) is 0. The van der Waals surface area contributed by atoms with Gasteiger partial charge in [-0.15, -0.1) is 11.6 Å². The molecule has 0 amide bonds. The van der Waals surface area contributed by atoms with E-state index in [2.05, 4.69) is 4.98 Å². The van der Waals surface area contributed by atoms with E-state index in [9.17, 15) is 4.39 Å². The zero-order valence-electron chi connectivity index (χ0n) is 8.45. The lowest BCUT2D eigenvalue weighted by atomic mass is 10.1. The third-order valence-corrected chi connectivity index (χ3v) is 2.62. The Morgan fingerprint density at radius 2 is 2.06 bits per heavy atom. The highest BCUT2D eigenvalue weighted by atomic mass is 35.5. The van der Waals surface area contributed by atoms with Crippen molar-refractivity contribution in [1.82, 2.24) is 4.98 Å². The van der Waals surface area contributed by atoms with Crippen LogP contribution in [0.2, 0.25) is 0 Å². The number of rotatable bonds is 2. The molecule has 16 heavy (non-hydrogen) atoms. The van der Waals surface area contributed by atoms with Gasteiger partial charge in [0.15, 0.2) is 0 Å². The summed E-state index contributed by atoms with van der Waals surface area (Å²) in [5.74, 6) is 0.367. The van der Waals surface area contributed by atoms with Gasteiger partial charge >= 0.3 is 0 Å². The van der Waals surface area contributed by atoms with E-state index >= 15 is 0 Å². The maximum Gasteiger partial charge on any atom is 0.131 e. The lowest BCUT2D eigenvalue weighted by Crippen LogP contribution is -1.96. The highest BCUT2D eigenvalue weighted by molar-refractivity contribution is 6.17. The molecule has 0 aliphatic heterocycles. The van der Waals surface area contributed by atoms with Crippen LogP contribution in [0, 0.1) is 5.82 Å². The van der Waals surface area contributed by atoms with Gasteiger partial charge in [0, 0.05) is 22.9 Å². The minimum Gasteiger partial charge on any atom is -0.383 e. The summed E-state index contributed by atoms with van der Waals surface area (Å²) in [5.41, 5.74) is 7.52. The van der Waals surface area contributed by atoms with Gasteiger partial charge < -0.3 is 5.73 Å². The number of pyridine rings is 1. The van der Waals surface area contributed by atoms with Crippen molar-refractivity contribution in [3.8, 4) is 11.1 Å². The molecule has 0 spiro atoms. The van der Waals surface area contributed by atoms with E-state index in [1.807, 2.05) is 0 Å². The molecule has 1 aromatic carbocycles. The van der Waals surface area contributed by atoms with E-state index in [-0.39, 0.29) is 11.7 Å². The molecule has 1 aromatic heterocycles. The molecule has 82 valence electrons. The summed E-state index contributed by atoms with van der Waals surface area (Å²) < 4.78 is 13.5. The van der Waals surface area contributed by atoms with Crippen molar-refractivity contribution in [3.05, 3.63) is 47.9 Å². The van der Waals surface area contributed by atoms with Gasteiger partial charge in [-0.2, -0.15) is 0 Å². The molecule has 0 saturated heterocycles. The predicted molar refractivity (Wildman–Crippen MR) is 63.6 cm³/mol. The molecule has 0 saturated carbocycles. The molecule has 0 aliphatic carbocycles. The van der Waals surface area contributed by atoms with Gasteiger partial charge in [0.2, 0.25) is 0 Å². The number of halogens is 2. The molecule has 0 atom stereocenters. The highest BCUT2D eigenvalue weighted by Gasteiger charge is 2.07. The zero-order chi connectivity index (χ0) is 11.5. The van der Waals surface area contributed by atoms with E-state index in [1.54, 1.807) is 30.5 Å². The number of nitrogen functional groups attached to an aromatic ring is 1. The molecule has 0 aliphatic rings. The molecule has 2 rings (SSSR count). The van der Waals surface area contributed by atoms with Crippen LogP contribution < -0.4 is 5.73 Å². The van der Waals surface area contributed by atoms with Gasteiger partial charge in [0.05, 0.1) is 5.88 Å². The number of hydrogen-bond acceptors (Lipinski definition) is 2. The van der Waals surface area contributed by atoms with Crippen LogP contribution in [0.5, 0.6) is 0 Å². The van der Waals surface area contributed by atoms with Crippen molar-refractivity contribution in [1.29, 1.82) is 0 Å². The Labute approximate surface area is 97.9 Å². The van der Waals surface area contributed by atoms with Crippen LogP contribution in [0.1, 0.15) is 5.56 Å². The maximum absolute atomic E-state index is 13.5. The molecule has 2 aromatic rings. The van der Waals surface area contributed by atoms with Gasteiger partial charge in [0.1, 0.15) is 11.6 Å². The molecule has 0 unspecified atom stereocenters. The second-order valence-electron chi connectivity index (χ2n) is 3.38. The minimum absolute atomic E-state index is 0.265. The zero-order valence-corrected chi connectivity index (χ0v) is 9.21. The van der Waals surface area contributed by atoms with Crippen LogP contribution >= 0.6 is 11.6 Å². The third-order valence-electron chi connectivity index (χ3n) is 2.33. The number of hydrogen-bond donors (Lipinski definition) is 1. The molecule has 1 heterocycles. The average molecular weight is 237 g/mol. The van der Waals surface area contributed by atoms with E-state index in [0.29, 0.717) is 22.5 Å². The van der Waals surface area contributed by atoms with Crippen LogP contribution in [0.4, 0.5) is 10.2 Å². The topological polar surface area (TPSA) is 38.9 Å². The van der Waals surface area contributed by atoms with Gasteiger partial charge in [-0.3, -0.25) is 0 Å². The number of alkyl halides is 1. The largest absolute Gasteiger partial charge is 0.383 e. The molecule has 0 bridgehead atoms. The lowest BCUT2D eigenvalue weighted by molar-refractivity contribution is 0.631. The standard InChI is InChI=1S/C12H10ClFN2/c13-6-8-5-9(7-16-12(8)15)10-3-1-2-4-11(10)14/h1-5,7H,6H2,(H2,15,16). The van der Waals surface area contributed by atoms with Crippen LogP contribution in [0.15, 0.2) is 36.5 Å². The first-order valence-corrected chi connectivity index (χ1v) is 5.31. The van der Waals surface area contributed by atoms with Crippen LogP contribution in [0.25, 0.3) is 11.1 Å². The Bertz CT molecular complexity index is 514. The number of nitrogens with two attached hydrogens (primary N) is 1. The number of benzene rings is 1. The molecule has 4 heteroatoms. The normalized spacial score (nSPS) is 10.4. The smallest absolute Gasteiger partial charge is 0.131 e. The Kier molecular flexibility index (Phi) is 3.06. The number of anilines is 1. The fourth-order valence-electron chi connectivity index (χ4n) is 1.47. The number of aromatic nitrogens is 1. The van der Waals surface area contributed by atoms with E-state index in [1.165, 1.54) is 6.07 Å². The van der Waals surface area contributed by atoms with Crippen LogP contribution in [-0.4, -0.2) is 4.98 Å². The first-order valence-electron chi connectivity index (χ1n) is 4.77. The van der Waals surface area contributed by atoms with Gasteiger partial charge in [-0.05, 0) is 12.1 Å². The summed E-state index contributed by atoms with van der Waals surface area (Å²) >= 11 is 5.72. The molecular formula is C12H10ClFN2. The second-order valence-corrected chi connectivity index (χ2v) is 3.65. The summed E-state index contributed by atoms with van der Waals surface area (Å²) in [6.07, 6.45) is 1.55. The monoisotopic (exact) mass is 236 g/mol. The molecular weight excluding hydrogens is 227 g/mol. The van der Waals surface area contributed by atoms with Crippen molar-refractivity contribution in [2.45, 2.75) is 5.88 Å². The summed E-state index contributed by atoms with van der Waals surface area (Å²) in [6.45, 7) is 0. The second kappa shape index (κ2) is 4.49. The third kappa shape index (κ3) is 1.99. The Hall–Kier alpha value is -1.61. The summed E-state index contributed by atoms with van der Waals surface area (Å²) in [4.78, 5) is 3.99. The molecule has 2 N–H and O–H groups in total. The quantitative estimate of drug-likeness (QED) is 0.814. The van der Waals surface area contributed by atoms with Gasteiger partial charge in [-0.25, -0.2) is 9.37 Å². The molecule has 0 radical (unpaired) electrons. The van der Waals surface area contributed by atoms with Crippen LogP contribution in [0.3, 0.4) is 0 Å². The van der Waals surface area contributed by atoms with E-state index in [0.717, 1.165) is 0 Å². The Morgan fingerprint density at radius 3 is 2.75 bits per heavy atom. The van der Waals surface area contributed by atoms with Crippen molar-refractivity contribution in [3.63, 3.8) is 0 Å². The Morgan fingerprint density at radius 1 is 1.31 bits per heavy atom. The fourth-order valence-corrected chi connectivity index (χ4v) is 1.68. The lowest BCUT2D eigenvalue weighted by Gasteiger charge is -2.06. The van der Waals surface area contributed by atoms with Gasteiger partial charge in [0.25, 0.3) is 0 Å². The Balaban J connectivity index is 2.53. The summed E-state index contributed by atoms with van der Waals surface area (Å²) in [5, 5.41) is 0. The summed E-state index contributed by atoms with van der Waals surface area (Å²) in [6, 6.07) is 8.28. The van der Waals surface area contributed by atoms with Gasteiger partial charge in [-0.1, -0.05) is 18.2 Å². The first kappa shape index (κ1) is 10.9. The van der Waals surface area contributed by atoms with E-state index < -0.39 is 0 Å².